The Morgan fingerprint density at radius 3 is 2.85 bits per heavy atom. The Morgan fingerprint density at radius 2 is 2.25 bits per heavy atom. The van der Waals surface area contributed by atoms with E-state index in [0.29, 0.717) is 24.5 Å². The summed E-state index contributed by atoms with van der Waals surface area (Å²) in [5, 5.41) is 2.67. The summed E-state index contributed by atoms with van der Waals surface area (Å²) in [7, 11) is 1.60. The fourth-order valence-electron chi connectivity index (χ4n) is 1.61. The average Bonchev–Trinajstić information content (AvgIpc) is 2.41. The lowest BCUT2D eigenvalue weighted by Crippen LogP contribution is -2.30. The highest BCUT2D eigenvalue weighted by Crippen LogP contribution is 2.20. The predicted molar refractivity (Wildman–Crippen MR) is 74.0 cm³/mol. The number of ether oxygens (including phenoxy) is 2. The fraction of sp³-hybridized carbons (Fsp3) is 0.500. The van der Waals surface area contributed by atoms with Crippen LogP contribution in [0.3, 0.4) is 0 Å². The van der Waals surface area contributed by atoms with Gasteiger partial charge in [-0.25, -0.2) is 4.39 Å². The average molecular weight is 284 g/mol. The molecule has 6 heteroatoms. The quantitative estimate of drug-likeness (QED) is 0.707. The Kier molecular flexibility index (Phi) is 6.97. The van der Waals surface area contributed by atoms with Crippen LogP contribution in [0.15, 0.2) is 18.2 Å². The summed E-state index contributed by atoms with van der Waals surface area (Å²) in [6.45, 7) is 2.66. The van der Waals surface area contributed by atoms with Crippen LogP contribution in [0, 0.1) is 5.82 Å². The molecule has 0 aliphatic heterocycles. The van der Waals surface area contributed by atoms with Crippen molar-refractivity contribution in [3.8, 4) is 5.75 Å². The van der Waals surface area contributed by atoms with Gasteiger partial charge >= 0.3 is 0 Å². The van der Waals surface area contributed by atoms with Crippen LogP contribution in [-0.4, -0.2) is 32.8 Å². The molecule has 112 valence electrons. The summed E-state index contributed by atoms with van der Waals surface area (Å²) in [5.41, 5.74) is 6.03. The van der Waals surface area contributed by atoms with Gasteiger partial charge in [0.25, 0.3) is 5.91 Å². The maximum atomic E-state index is 13.6. The molecule has 0 fully saturated rings. The van der Waals surface area contributed by atoms with Crippen LogP contribution in [0.5, 0.6) is 5.75 Å². The molecule has 1 rings (SSSR count). The molecule has 0 spiro atoms. The van der Waals surface area contributed by atoms with Gasteiger partial charge in [0.1, 0.15) is 11.6 Å². The van der Waals surface area contributed by atoms with Crippen LogP contribution < -0.4 is 15.8 Å². The summed E-state index contributed by atoms with van der Waals surface area (Å²) in [6, 6.07) is 4.01. The number of nitrogens with one attached hydrogen (secondary N) is 1. The molecule has 0 saturated heterocycles. The summed E-state index contributed by atoms with van der Waals surface area (Å²) in [6.07, 6.45) is 0.736. The Hall–Kier alpha value is -1.66. The first-order valence-electron chi connectivity index (χ1n) is 6.48. The summed E-state index contributed by atoms with van der Waals surface area (Å²) < 4.78 is 23.7. The van der Waals surface area contributed by atoms with Gasteiger partial charge in [-0.3, -0.25) is 4.79 Å². The van der Waals surface area contributed by atoms with Gasteiger partial charge in [0, 0.05) is 37.9 Å². The van der Waals surface area contributed by atoms with Crippen molar-refractivity contribution in [2.45, 2.75) is 19.4 Å². The molecule has 1 atom stereocenters. The van der Waals surface area contributed by atoms with Gasteiger partial charge in [-0.1, -0.05) is 6.07 Å². The van der Waals surface area contributed by atoms with Crippen molar-refractivity contribution in [1.82, 2.24) is 5.32 Å². The van der Waals surface area contributed by atoms with Gasteiger partial charge < -0.3 is 20.5 Å². The number of halogens is 1. The van der Waals surface area contributed by atoms with E-state index in [-0.39, 0.29) is 18.6 Å². The van der Waals surface area contributed by atoms with E-state index in [1.807, 2.05) is 0 Å². The minimum Gasteiger partial charge on any atom is -0.484 e. The number of methoxy groups -OCH3 is 1. The summed E-state index contributed by atoms with van der Waals surface area (Å²) >= 11 is 0. The summed E-state index contributed by atoms with van der Waals surface area (Å²) in [4.78, 5) is 11.4. The molecule has 0 aliphatic rings. The van der Waals surface area contributed by atoms with E-state index >= 15 is 0 Å². The van der Waals surface area contributed by atoms with Crippen LogP contribution in [0.1, 0.15) is 24.9 Å². The zero-order valence-corrected chi connectivity index (χ0v) is 11.8. The van der Waals surface area contributed by atoms with Crippen molar-refractivity contribution in [3.05, 3.63) is 29.6 Å². The first-order chi connectivity index (χ1) is 9.54. The maximum Gasteiger partial charge on any atom is 0.257 e. The number of carbonyl (C=O) groups is 1. The molecule has 1 unspecified atom stereocenters. The second kappa shape index (κ2) is 8.50. The molecule has 0 aromatic heterocycles. The van der Waals surface area contributed by atoms with E-state index in [1.54, 1.807) is 26.2 Å². The molecule has 3 N–H and O–H groups in total. The molecule has 0 bridgehead atoms. The number of nitrogens with two attached hydrogens (primary N) is 1. The van der Waals surface area contributed by atoms with E-state index in [4.69, 9.17) is 15.2 Å². The largest absolute Gasteiger partial charge is 0.484 e. The van der Waals surface area contributed by atoms with Crippen molar-refractivity contribution < 1.29 is 18.7 Å². The Bertz CT molecular complexity index is 438. The molecule has 0 aliphatic carbocycles. The van der Waals surface area contributed by atoms with Crippen molar-refractivity contribution >= 4 is 5.91 Å². The van der Waals surface area contributed by atoms with E-state index in [0.717, 1.165) is 6.42 Å². The lowest BCUT2D eigenvalue weighted by molar-refractivity contribution is -0.123. The van der Waals surface area contributed by atoms with Crippen LogP contribution in [-0.2, 0) is 9.53 Å². The number of carbonyl (C=O) groups excluding carboxylic acids is 1. The highest BCUT2D eigenvalue weighted by molar-refractivity contribution is 5.77. The first kappa shape index (κ1) is 16.4. The lowest BCUT2D eigenvalue weighted by atomic mass is 10.1. The van der Waals surface area contributed by atoms with Gasteiger partial charge in [-0.2, -0.15) is 0 Å². The van der Waals surface area contributed by atoms with Gasteiger partial charge in [0.15, 0.2) is 6.61 Å². The number of rotatable bonds is 8. The van der Waals surface area contributed by atoms with Crippen LogP contribution in [0.4, 0.5) is 4.39 Å². The third kappa shape index (κ3) is 5.54. The topological polar surface area (TPSA) is 73.6 Å². The zero-order chi connectivity index (χ0) is 15.0. The molecule has 0 heterocycles. The number of benzene rings is 1. The van der Waals surface area contributed by atoms with Gasteiger partial charge in [0.05, 0.1) is 0 Å². The van der Waals surface area contributed by atoms with Gasteiger partial charge in [-0.15, -0.1) is 0 Å². The molecule has 1 amide bonds. The van der Waals surface area contributed by atoms with E-state index < -0.39 is 5.82 Å². The number of amides is 1. The standard InChI is InChI=1S/C14H21FN2O3/c1-10(16)12-5-4-11(8-13(12)15)20-9-14(18)17-6-3-7-19-2/h4-5,8,10H,3,6-7,9,16H2,1-2H3,(H,17,18). The molecule has 0 saturated carbocycles. The van der Waals surface area contributed by atoms with E-state index in [9.17, 15) is 9.18 Å². The van der Waals surface area contributed by atoms with Crippen molar-refractivity contribution in [3.63, 3.8) is 0 Å². The zero-order valence-electron chi connectivity index (χ0n) is 11.8. The Balaban J connectivity index is 2.38. The van der Waals surface area contributed by atoms with Gasteiger partial charge in [0.2, 0.25) is 0 Å². The summed E-state index contributed by atoms with van der Waals surface area (Å²) in [5.74, 6) is -0.380. The second-order valence-corrected chi connectivity index (χ2v) is 4.46. The van der Waals surface area contributed by atoms with Crippen molar-refractivity contribution in [1.29, 1.82) is 0 Å². The van der Waals surface area contributed by atoms with Crippen LogP contribution >= 0.6 is 0 Å². The highest BCUT2D eigenvalue weighted by Gasteiger charge is 2.09. The van der Waals surface area contributed by atoms with Gasteiger partial charge in [-0.05, 0) is 19.4 Å². The Morgan fingerprint density at radius 1 is 1.50 bits per heavy atom. The second-order valence-electron chi connectivity index (χ2n) is 4.46. The monoisotopic (exact) mass is 284 g/mol. The normalized spacial score (nSPS) is 12.0. The molecular weight excluding hydrogens is 263 g/mol. The minimum absolute atomic E-state index is 0.149. The van der Waals surface area contributed by atoms with Crippen molar-refractivity contribution in [2.24, 2.45) is 5.73 Å². The third-order valence-corrected chi connectivity index (χ3v) is 2.68. The molecule has 1 aromatic carbocycles. The minimum atomic E-state index is -0.432. The Labute approximate surface area is 118 Å². The number of hydrogen-bond acceptors (Lipinski definition) is 4. The predicted octanol–water partition coefficient (Wildman–Crippen LogP) is 1.38. The van der Waals surface area contributed by atoms with Crippen LogP contribution in [0.25, 0.3) is 0 Å². The van der Waals surface area contributed by atoms with E-state index in [2.05, 4.69) is 5.32 Å². The highest BCUT2D eigenvalue weighted by atomic mass is 19.1. The van der Waals surface area contributed by atoms with Crippen molar-refractivity contribution in [2.75, 3.05) is 26.9 Å². The van der Waals surface area contributed by atoms with E-state index in [1.165, 1.54) is 6.07 Å². The molecule has 0 radical (unpaired) electrons. The molecular formula is C14H21FN2O3. The molecule has 5 nitrogen and oxygen atoms in total. The maximum absolute atomic E-state index is 13.6. The lowest BCUT2D eigenvalue weighted by Gasteiger charge is -2.10. The third-order valence-electron chi connectivity index (χ3n) is 2.68. The molecule has 20 heavy (non-hydrogen) atoms. The number of hydrogen-bond donors (Lipinski definition) is 2. The SMILES string of the molecule is COCCCNC(=O)COc1ccc(C(C)N)c(F)c1. The smallest absolute Gasteiger partial charge is 0.257 e. The first-order valence-corrected chi connectivity index (χ1v) is 6.48. The molecule has 1 aromatic rings. The fourth-order valence-corrected chi connectivity index (χ4v) is 1.61. The van der Waals surface area contributed by atoms with Crippen LogP contribution in [0.2, 0.25) is 0 Å².